The van der Waals surface area contributed by atoms with Crippen molar-refractivity contribution >= 4 is 22.0 Å². The molecule has 0 unspecified atom stereocenters. The molecule has 49 heavy (non-hydrogen) atoms. The maximum absolute atomic E-state index is 15.1. The molecule has 11 nitrogen and oxygen atoms in total. The van der Waals surface area contributed by atoms with Gasteiger partial charge in [-0.05, 0) is 94.5 Å². The van der Waals surface area contributed by atoms with Gasteiger partial charge in [0.1, 0.15) is 29.3 Å². The number of hydrogen-bond acceptors (Lipinski definition) is 9. The first-order valence-electron chi connectivity index (χ1n) is 16.3. The molecule has 14 heteroatoms. The summed E-state index contributed by atoms with van der Waals surface area (Å²) in [6.07, 6.45) is 4.05. The number of carbonyl (C=O) groups is 2. The first-order valence-corrected chi connectivity index (χ1v) is 17.8. The van der Waals surface area contributed by atoms with E-state index in [1.807, 2.05) is 0 Å². The molecule has 2 amide bonds. The van der Waals surface area contributed by atoms with Crippen LogP contribution >= 0.6 is 0 Å². The van der Waals surface area contributed by atoms with Crippen LogP contribution in [0.4, 0.5) is 13.6 Å². The van der Waals surface area contributed by atoms with Gasteiger partial charge in [-0.1, -0.05) is 6.92 Å². The van der Waals surface area contributed by atoms with Gasteiger partial charge in [0, 0.05) is 25.9 Å². The third kappa shape index (κ3) is 9.58. The predicted octanol–water partition coefficient (Wildman–Crippen LogP) is 6.58. The van der Waals surface area contributed by atoms with Gasteiger partial charge >= 0.3 is 6.09 Å². The van der Waals surface area contributed by atoms with Crippen molar-refractivity contribution in [2.75, 3.05) is 19.7 Å². The van der Waals surface area contributed by atoms with Gasteiger partial charge in [0.25, 0.3) is 15.9 Å². The molecule has 1 N–H and O–H groups in total. The third-order valence-corrected chi connectivity index (χ3v) is 9.31. The van der Waals surface area contributed by atoms with Gasteiger partial charge in [0.2, 0.25) is 5.82 Å². The second kappa shape index (κ2) is 15.0. The summed E-state index contributed by atoms with van der Waals surface area (Å²) in [6, 6.07) is 10.8. The minimum absolute atomic E-state index is 0.203. The Hall–Kier alpha value is -4.46. The van der Waals surface area contributed by atoms with Gasteiger partial charge in [-0.25, -0.2) is 22.3 Å². The van der Waals surface area contributed by atoms with Crippen LogP contribution in [-0.4, -0.2) is 61.7 Å². The average Bonchev–Trinajstić information content (AvgIpc) is 3.89. The number of benzene rings is 2. The molecule has 1 saturated heterocycles. The fourth-order valence-corrected chi connectivity index (χ4v) is 6.05. The van der Waals surface area contributed by atoms with E-state index < -0.39 is 50.6 Å². The molecule has 2 aromatic carbocycles. The van der Waals surface area contributed by atoms with Crippen LogP contribution in [-0.2, 0) is 14.8 Å². The van der Waals surface area contributed by atoms with Crippen molar-refractivity contribution in [3.05, 3.63) is 77.6 Å². The van der Waals surface area contributed by atoms with E-state index in [9.17, 15) is 18.0 Å². The van der Waals surface area contributed by atoms with Crippen molar-refractivity contribution in [1.82, 2.24) is 14.6 Å². The van der Waals surface area contributed by atoms with E-state index in [-0.39, 0.29) is 17.1 Å². The van der Waals surface area contributed by atoms with E-state index in [0.29, 0.717) is 62.1 Å². The van der Waals surface area contributed by atoms with Gasteiger partial charge in [-0.15, -0.1) is 0 Å². The zero-order valence-electron chi connectivity index (χ0n) is 27.9. The minimum atomic E-state index is -4.45. The molecule has 2 fully saturated rings. The summed E-state index contributed by atoms with van der Waals surface area (Å²) in [5.74, 6) is -3.23. The molecular weight excluding hydrogens is 660 g/mol. The predicted molar refractivity (Wildman–Crippen MR) is 175 cm³/mol. The lowest BCUT2D eigenvalue weighted by atomic mass is 10.1. The van der Waals surface area contributed by atoms with Crippen LogP contribution in [0.3, 0.4) is 0 Å². The highest BCUT2D eigenvalue weighted by atomic mass is 32.2. The van der Waals surface area contributed by atoms with E-state index in [0.717, 1.165) is 25.0 Å². The Morgan fingerprint density at radius 3 is 2.22 bits per heavy atom. The lowest BCUT2D eigenvalue weighted by Crippen LogP contribution is -2.44. The molecule has 1 saturated carbocycles. The Morgan fingerprint density at radius 2 is 1.63 bits per heavy atom. The highest BCUT2D eigenvalue weighted by Crippen LogP contribution is 2.31. The Balaban J connectivity index is 1.16. The van der Waals surface area contributed by atoms with Crippen molar-refractivity contribution in [3.8, 4) is 17.2 Å². The number of pyridine rings is 1. The van der Waals surface area contributed by atoms with Crippen molar-refractivity contribution in [3.63, 3.8) is 0 Å². The SMILES string of the molecule is CC[C@@H](Oc1ccc(C(=O)NS(=O)(=O)c2ccc(OC3CCN(C(=O)OC(C)(C)C)CC3)cc2)c(F)c1F)c1ccc(OCC2CC2)cn1. The Morgan fingerprint density at radius 1 is 0.959 bits per heavy atom. The lowest BCUT2D eigenvalue weighted by Gasteiger charge is -2.33. The van der Waals surface area contributed by atoms with E-state index in [2.05, 4.69) is 4.98 Å². The van der Waals surface area contributed by atoms with Gasteiger partial charge in [-0.3, -0.25) is 9.78 Å². The van der Waals surface area contributed by atoms with Crippen LogP contribution in [0.5, 0.6) is 17.2 Å². The molecule has 1 aliphatic heterocycles. The van der Waals surface area contributed by atoms with Crippen LogP contribution in [0, 0.1) is 17.6 Å². The number of halogens is 2. The lowest BCUT2D eigenvalue weighted by molar-refractivity contribution is 0.0126. The number of ether oxygens (including phenoxy) is 4. The summed E-state index contributed by atoms with van der Waals surface area (Å²) in [5, 5.41) is 0. The fourth-order valence-electron chi connectivity index (χ4n) is 5.08. The third-order valence-electron chi connectivity index (χ3n) is 7.96. The number of carbonyl (C=O) groups excluding carboxylic acids is 2. The Labute approximate surface area is 285 Å². The van der Waals surface area contributed by atoms with Gasteiger partial charge in [0.05, 0.1) is 29.0 Å². The smallest absolute Gasteiger partial charge is 0.410 e. The highest BCUT2D eigenvalue weighted by Gasteiger charge is 2.29. The summed E-state index contributed by atoms with van der Waals surface area (Å²) in [5.41, 5.74) is -0.922. The van der Waals surface area contributed by atoms with E-state index in [4.69, 9.17) is 18.9 Å². The van der Waals surface area contributed by atoms with E-state index in [1.54, 1.807) is 55.6 Å². The van der Waals surface area contributed by atoms with Gasteiger partial charge in [0.15, 0.2) is 11.6 Å². The zero-order valence-corrected chi connectivity index (χ0v) is 28.7. The molecule has 1 aliphatic carbocycles. The van der Waals surface area contributed by atoms with E-state index in [1.165, 1.54) is 24.3 Å². The molecule has 0 spiro atoms. The van der Waals surface area contributed by atoms with Crippen molar-refractivity contribution in [2.45, 2.75) is 82.5 Å². The second-order valence-corrected chi connectivity index (χ2v) is 14.8. The molecule has 0 radical (unpaired) electrons. The number of likely N-dealkylation sites (tertiary alicyclic amines) is 1. The standard InChI is InChI=1S/C35H41F2N3O8S/c1-5-29(28-14-10-25(20-38-28)45-21-22-6-7-22)47-30-15-13-27(31(36)32(30)37)33(41)39-49(43,44)26-11-8-23(9-12-26)46-24-16-18-40(19-17-24)34(42)48-35(2,3)4/h8-15,20,22,24,29H,5-7,16-19,21H2,1-4H3,(H,39,41)/t29-/m1/s1. The summed E-state index contributed by atoms with van der Waals surface area (Å²) < 4.78 is 80.6. The molecule has 1 aromatic heterocycles. The number of nitrogens with one attached hydrogen (secondary N) is 1. The second-order valence-electron chi connectivity index (χ2n) is 13.1. The number of sulfonamides is 1. The first-order chi connectivity index (χ1) is 23.2. The number of amides is 2. The minimum Gasteiger partial charge on any atom is -0.492 e. The summed E-state index contributed by atoms with van der Waals surface area (Å²) in [4.78, 5) is 30.8. The number of aromatic nitrogens is 1. The Bertz CT molecular complexity index is 1740. The topological polar surface area (TPSA) is 133 Å². The van der Waals surface area contributed by atoms with Crippen molar-refractivity contribution in [1.29, 1.82) is 0 Å². The molecule has 2 heterocycles. The Kier molecular flexibility index (Phi) is 11.0. The van der Waals surface area contributed by atoms with Crippen molar-refractivity contribution in [2.24, 2.45) is 5.92 Å². The average molecular weight is 702 g/mol. The van der Waals surface area contributed by atoms with Crippen LogP contribution in [0.1, 0.15) is 82.0 Å². The monoisotopic (exact) mass is 701 g/mol. The van der Waals surface area contributed by atoms with Gasteiger partial charge < -0.3 is 23.8 Å². The largest absolute Gasteiger partial charge is 0.492 e. The highest BCUT2D eigenvalue weighted by molar-refractivity contribution is 7.90. The maximum atomic E-state index is 15.1. The summed E-state index contributed by atoms with van der Waals surface area (Å²) in [6.45, 7) is 8.72. The molecular formula is C35H41F2N3O8S. The normalized spacial score (nSPS) is 16.1. The maximum Gasteiger partial charge on any atom is 0.410 e. The number of rotatable bonds is 12. The summed E-state index contributed by atoms with van der Waals surface area (Å²) in [7, 11) is -4.45. The van der Waals surface area contributed by atoms with Gasteiger partial charge in [-0.2, -0.15) is 4.39 Å². The fraction of sp³-hybridized carbons (Fsp3) is 0.457. The number of piperidine rings is 1. The van der Waals surface area contributed by atoms with Crippen LogP contribution in [0.15, 0.2) is 59.6 Å². The van der Waals surface area contributed by atoms with Crippen LogP contribution in [0.25, 0.3) is 0 Å². The molecule has 0 bridgehead atoms. The van der Waals surface area contributed by atoms with Crippen LogP contribution in [0.2, 0.25) is 0 Å². The van der Waals surface area contributed by atoms with E-state index >= 15 is 8.78 Å². The molecule has 3 aromatic rings. The quantitative estimate of drug-likeness (QED) is 0.223. The number of hydrogen-bond donors (Lipinski definition) is 1. The van der Waals surface area contributed by atoms with Crippen LogP contribution < -0.4 is 18.9 Å². The zero-order chi connectivity index (χ0) is 35.3. The first kappa shape index (κ1) is 35.8. The number of nitrogens with zero attached hydrogens (tertiary/aromatic N) is 2. The molecule has 2 aliphatic rings. The van der Waals surface area contributed by atoms with Crippen molar-refractivity contribution < 1.29 is 45.7 Å². The summed E-state index contributed by atoms with van der Waals surface area (Å²) >= 11 is 0. The molecule has 1 atom stereocenters. The molecule has 5 rings (SSSR count). The molecule has 264 valence electrons.